The van der Waals surface area contributed by atoms with Crippen molar-refractivity contribution < 1.29 is 9.47 Å². The van der Waals surface area contributed by atoms with E-state index in [0.717, 1.165) is 60.7 Å². The number of halogens is 1. The predicted octanol–water partition coefficient (Wildman–Crippen LogP) is 5.93. The minimum absolute atomic E-state index is 0.128. The van der Waals surface area contributed by atoms with Crippen LogP contribution >= 0.6 is 11.6 Å². The molecule has 1 saturated heterocycles. The van der Waals surface area contributed by atoms with E-state index in [1.807, 2.05) is 52.0 Å². The molecule has 0 saturated carbocycles. The highest BCUT2D eigenvalue weighted by Crippen LogP contribution is 2.28. The molecule has 0 aliphatic carbocycles. The predicted molar refractivity (Wildman–Crippen MR) is 134 cm³/mol. The van der Waals surface area contributed by atoms with Crippen LogP contribution in [0.4, 0.5) is 5.82 Å². The smallest absolute Gasteiger partial charge is 0.137 e. The second-order valence-corrected chi connectivity index (χ2v) is 9.66. The molecule has 6 nitrogen and oxygen atoms in total. The minimum atomic E-state index is 0.128. The molecule has 0 bridgehead atoms. The average molecular weight is 469 g/mol. The lowest BCUT2D eigenvalue weighted by molar-refractivity contribution is 0.207. The normalized spacial score (nSPS) is 15.4. The van der Waals surface area contributed by atoms with Gasteiger partial charge in [0.2, 0.25) is 0 Å². The highest BCUT2D eigenvalue weighted by Gasteiger charge is 2.21. The quantitative estimate of drug-likeness (QED) is 0.442. The topological polar surface area (TPSA) is 59.5 Å². The SMILES string of the molecule is CC(C)Oc1cc(CN2CCC(Nc3ncnc4cc(Cl)ccc34)CC2)cc(OC(C)C)c1. The van der Waals surface area contributed by atoms with E-state index >= 15 is 0 Å². The maximum atomic E-state index is 6.11. The largest absolute Gasteiger partial charge is 0.491 e. The second-order valence-electron chi connectivity index (χ2n) is 9.22. The number of nitrogens with one attached hydrogen (secondary N) is 1. The molecule has 33 heavy (non-hydrogen) atoms. The first-order chi connectivity index (χ1) is 15.9. The van der Waals surface area contributed by atoms with E-state index in [2.05, 4.69) is 32.3 Å². The number of rotatable bonds is 8. The number of benzene rings is 2. The van der Waals surface area contributed by atoms with Gasteiger partial charge in [0.15, 0.2) is 0 Å². The maximum absolute atomic E-state index is 6.11. The highest BCUT2D eigenvalue weighted by atomic mass is 35.5. The average Bonchev–Trinajstić information content (AvgIpc) is 2.74. The number of hydrogen-bond acceptors (Lipinski definition) is 6. The van der Waals surface area contributed by atoms with Crippen molar-refractivity contribution in [2.24, 2.45) is 0 Å². The molecule has 176 valence electrons. The number of ether oxygens (including phenoxy) is 2. The van der Waals surface area contributed by atoms with Gasteiger partial charge in [0.1, 0.15) is 23.6 Å². The molecule has 1 fully saturated rings. The fourth-order valence-electron chi connectivity index (χ4n) is 4.23. The molecule has 0 spiro atoms. The Morgan fingerprint density at radius 3 is 2.27 bits per heavy atom. The molecule has 1 aliphatic heterocycles. The van der Waals surface area contributed by atoms with Gasteiger partial charge in [-0.25, -0.2) is 9.97 Å². The van der Waals surface area contributed by atoms with Crippen LogP contribution in [0.1, 0.15) is 46.1 Å². The lowest BCUT2D eigenvalue weighted by Gasteiger charge is -2.33. The molecule has 1 aliphatic rings. The van der Waals surface area contributed by atoms with E-state index in [0.29, 0.717) is 11.1 Å². The highest BCUT2D eigenvalue weighted by molar-refractivity contribution is 6.31. The van der Waals surface area contributed by atoms with E-state index in [1.165, 1.54) is 5.56 Å². The van der Waals surface area contributed by atoms with E-state index in [-0.39, 0.29) is 12.2 Å². The molecular weight excluding hydrogens is 436 g/mol. The molecule has 0 atom stereocenters. The Hall–Kier alpha value is -2.57. The fourth-order valence-corrected chi connectivity index (χ4v) is 4.40. The first kappa shape index (κ1) is 23.6. The molecule has 1 aromatic heterocycles. The number of piperidine rings is 1. The van der Waals surface area contributed by atoms with Gasteiger partial charge >= 0.3 is 0 Å². The summed E-state index contributed by atoms with van der Waals surface area (Å²) in [6, 6.07) is 12.4. The van der Waals surface area contributed by atoms with Crippen molar-refractivity contribution in [3.05, 3.63) is 53.3 Å². The van der Waals surface area contributed by atoms with Crippen LogP contribution in [0, 0.1) is 0 Å². The van der Waals surface area contributed by atoms with Gasteiger partial charge in [-0.1, -0.05) is 11.6 Å². The van der Waals surface area contributed by atoms with Crippen molar-refractivity contribution in [2.45, 2.75) is 65.3 Å². The fraction of sp³-hybridized carbons (Fsp3) is 0.462. The van der Waals surface area contributed by atoms with Crippen molar-refractivity contribution in [3.63, 3.8) is 0 Å². The van der Waals surface area contributed by atoms with Crippen molar-refractivity contribution in [1.29, 1.82) is 0 Å². The van der Waals surface area contributed by atoms with Crippen LogP contribution in [0.25, 0.3) is 10.9 Å². The molecular formula is C26H33ClN4O2. The number of anilines is 1. The second kappa shape index (κ2) is 10.6. The van der Waals surface area contributed by atoms with Crippen molar-refractivity contribution in [3.8, 4) is 11.5 Å². The van der Waals surface area contributed by atoms with Crippen LogP contribution in [-0.2, 0) is 6.54 Å². The van der Waals surface area contributed by atoms with Gasteiger partial charge in [-0.05, 0) is 76.4 Å². The lowest BCUT2D eigenvalue weighted by Crippen LogP contribution is -2.38. The van der Waals surface area contributed by atoms with Gasteiger partial charge in [-0.2, -0.15) is 0 Å². The number of nitrogens with zero attached hydrogens (tertiary/aromatic N) is 3. The lowest BCUT2D eigenvalue weighted by atomic mass is 10.0. The van der Waals surface area contributed by atoms with Gasteiger partial charge in [0, 0.05) is 42.2 Å². The molecule has 0 unspecified atom stereocenters. The van der Waals surface area contributed by atoms with E-state index in [9.17, 15) is 0 Å². The number of aromatic nitrogens is 2. The Bertz CT molecular complexity index is 1050. The Morgan fingerprint density at radius 1 is 0.970 bits per heavy atom. The summed E-state index contributed by atoms with van der Waals surface area (Å²) < 4.78 is 11.9. The van der Waals surface area contributed by atoms with Gasteiger partial charge in [0.25, 0.3) is 0 Å². The first-order valence-corrected chi connectivity index (χ1v) is 12.1. The molecule has 7 heteroatoms. The summed E-state index contributed by atoms with van der Waals surface area (Å²) in [5, 5.41) is 5.32. The Kier molecular flexibility index (Phi) is 7.56. The van der Waals surface area contributed by atoms with Crippen LogP contribution < -0.4 is 14.8 Å². The summed E-state index contributed by atoms with van der Waals surface area (Å²) in [7, 11) is 0. The molecule has 0 amide bonds. The summed E-state index contributed by atoms with van der Waals surface area (Å²) >= 11 is 6.11. The number of hydrogen-bond donors (Lipinski definition) is 1. The Morgan fingerprint density at radius 2 is 1.64 bits per heavy atom. The molecule has 1 N–H and O–H groups in total. The van der Waals surface area contributed by atoms with Crippen LogP contribution in [0.5, 0.6) is 11.5 Å². The summed E-state index contributed by atoms with van der Waals surface area (Å²) in [4.78, 5) is 11.3. The van der Waals surface area contributed by atoms with E-state index in [1.54, 1.807) is 6.33 Å². The van der Waals surface area contributed by atoms with Gasteiger partial charge in [-0.3, -0.25) is 4.90 Å². The third-order valence-electron chi connectivity index (χ3n) is 5.62. The van der Waals surface area contributed by atoms with Crippen molar-refractivity contribution >= 4 is 28.3 Å². The Balaban J connectivity index is 1.38. The zero-order valence-corrected chi connectivity index (χ0v) is 20.6. The van der Waals surface area contributed by atoms with Crippen LogP contribution in [0.2, 0.25) is 5.02 Å². The zero-order chi connectivity index (χ0) is 23.4. The summed E-state index contributed by atoms with van der Waals surface area (Å²) in [5.74, 6) is 2.61. The third kappa shape index (κ3) is 6.49. The van der Waals surface area contributed by atoms with Crippen LogP contribution in [0.3, 0.4) is 0 Å². The van der Waals surface area contributed by atoms with Crippen LogP contribution in [0.15, 0.2) is 42.7 Å². The van der Waals surface area contributed by atoms with Crippen molar-refractivity contribution in [2.75, 3.05) is 18.4 Å². The summed E-state index contributed by atoms with van der Waals surface area (Å²) in [6.45, 7) is 11.1. The third-order valence-corrected chi connectivity index (χ3v) is 5.85. The zero-order valence-electron chi connectivity index (χ0n) is 19.8. The molecule has 2 aromatic carbocycles. The van der Waals surface area contributed by atoms with Gasteiger partial charge in [0.05, 0.1) is 17.7 Å². The number of likely N-dealkylation sites (tertiary alicyclic amines) is 1. The molecule has 3 aromatic rings. The first-order valence-electron chi connectivity index (χ1n) is 11.7. The van der Waals surface area contributed by atoms with Gasteiger partial charge in [-0.15, -0.1) is 0 Å². The molecule has 2 heterocycles. The summed E-state index contributed by atoms with van der Waals surface area (Å²) in [6.07, 6.45) is 3.96. The van der Waals surface area contributed by atoms with E-state index < -0.39 is 0 Å². The van der Waals surface area contributed by atoms with Crippen molar-refractivity contribution in [1.82, 2.24) is 14.9 Å². The number of fused-ring (bicyclic) bond motifs is 1. The Labute approximate surface area is 201 Å². The van der Waals surface area contributed by atoms with Crippen LogP contribution in [-0.4, -0.2) is 46.2 Å². The summed E-state index contributed by atoms with van der Waals surface area (Å²) in [5.41, 5.74) is 2.08. The van der Waals surface area contributed by atoms with Gasteiger partial charge < -0.3 is 14.8 Å². The monoisotopic (exact) mass is 468 g/mol. The minimum Gasteiger partial charge on any atom is -0.491 e. The maximum Gasteiger partial charge on any atom is 0.137 e. The molecule has 4 rings (SSSR count). The molecule has 0 radical (unpaired) electrons. The van der Waals surface area contributed by atoms with E-state index in [4.69, 9.17) is 21.1 Å². The standard InChI is InChI=1S/C26H33ClN4O2/c1-17(2)32-22-11-19(12-23(14-22)33-18(3)4)15-31-9-7-21(8-10-31)30-26-24-6-5-20(27)13-25(24)28-16-29-26/h5-6,11-14,16-18,21H,7-10,15H2,1-4H3,(H,28,29,30).